The van der Waals surface area contributed by atoms with Crippen molar-refractivity contribution in [3.8, 4) is 34.5 Å². The van der Waals surface area contributed by atoms with E-state index in [9.17, 15) is 59.7 Å². The van der Waals surface area contributed by atoms with Gasteiger partial charge in [-0.1, -0.05) is 24.3 Å². The van der Waals surface area contributed by atoms with E-state index in [1.54, 1.807) is 0 Å². The third kappa shape index (κ3) is 6.40. The average Bonchev–Trinajstić information content (AvgIpc) is 3.34. The fourth-order valence-electron chi connectivity index (χ4n) is 7.48. The van der Waals surface area contributed by atoms with Crippen molar-refractivity contribution in [2.24, 2.45) is 17.8 Å². The number of ether oxygens (including phenoxy) is 4. The zero-order valence-electron chi connectivity index (χ0n) is 28.5. The van der Waals surface area contributed by atoms with Crippen LogP contribution in [-0.4, -0.2) is 91.8 Å². The van der Waals surface area contributed by atoms with E-state index in [0.717, 1.165) is 50.6 Å². The van der Waals surface area contributed by atoms with Crippen molar-refractivity contribution < 1.29 is 78.7 Å². The summed E-state index contributed by atoms with van der Waals surface area (Å²) in [6.45, 7) is 0. The fraction of sp³-hybridized carbons (Fsp3) is 0.289. The Labute approximate surface area is 305 Å². The molecular formula is C38H34O16. The zero-order valence-corrected chi connectivity index (χ0v) is 28.5. The minimum atomic E-state index is -2.26. The van der Waals surface area contributed by atoms with Gasteiger partial charge in [-0.25, -0.2) is 14.4 Å². The van der Waals surface area contributed by atoms with Crippen LogP contribution in [0.1, 0.15) is 28.2 Å². The number of carbonyl (C=O) groups excluding carboxylic acids is 5. The highest BCUT2D eigenvalue weighted by Gasteiger charge is 2.69. The van der Waals surface area contributed by atoms with Crippen molar-refractivity contribution in [3.63, 3.8) is 0 Å². The van der Waals surface area contributed by atoms with Crippen molar-refractivity contribution in [1.29, 1.82) is 0 Å². The molecule has 282 valence electrons. The van der Waals surface area contributed by atoms with E-state index in [1.165, 1.54) is 30.3 Å². The maximum Gasteiger partial charge on any atom is 0.347 e. The highest BCUT2D eigenvalue weighted by atomic mass is 16.6. The van der Waals surface area contributed by atoms with Gasteiger partial charge in [0, 0.05) is 30.8 Å². The number of aliphatic hydroxyl groups is 1. The van der Waals surface area contributed by atoms with Crippen LogP contribution in [0.25, 0.3) is 0 Å². The molecule has 4 aliphatic rings. The maximum atomic E-state index is 14.3. The number of ketones is 1. The highest BCUT2D eigenvalue weighted by Crippen LogP contribution is 2.65. The Hall–Kier alpha value is -6.55. The van der Waals surface area contributed by atoms with Crippen LogP contribution in [0.4, 0.5) is 0 Å². The molecule has 7 rings (SSSR count). The lowest BCUT2D eigenvalue weighted by Gasteiger charge is -2.48. The van der Waals surface area contributed by atoms with Crippen molar-refractivity contribution in [1.82, 2.24) is 0 Å². The van der Waals surface area contributed by atoms with Crippen LogP contribution >= 0.6 is 0 Å². The molecule has 4 bridgehead atoms. The molecule has 0 heterocycles. The van der Waals surface area contributed by atoms with E-state index in [-0.39, 0.29) is 35.1 Å². The van der Waals surface area contributed by atoms with E-state index in [1.807, 2.05) is 0 Å². The van der Waals surface area contributed by atoms with Crippen LogP contribution < -0.4 is 0 Å². The number of hydrogen-bond acceptors (Lipinski definition) is 16. The molecule has 0 saturated heterocycles. The number of benzene rings is 3. The van der Waals surface area contributed by atoms with Crippen LogP contribution in [0.2, 0.25) is 0 Å². The van der Waals surface area contributed by atoms with Gasteiger partial charge in [0.05, 0.1) is 26.1 Å². The lowest BCUT2D eigenvalue weighted by molar-refractivity contribution is -0.177. The second kappa shape index (κ2) is 14.1. The molecule has 7 N–H and O–H groups in total. The smallest absolute Gasteiger partial charge is 0.347 e. The van der Waals surface area contributed by atoms with Gasteiger partial charge in [0.2, 0.25) is 12.2 Å². The molecule has 3 aromatic carbocycles. The number of fused-ring (bicyclic) bond motifs is 1. The van der Waals surface area contributed by atoms with E-state index < -0.39 is 106 Å². The van der Waals surface area contributed by atoms with E-state index in [0.29, 0.717) is 5.56 Å². The number of rotatable bonds is 11. The molecule has 7 atom stereocenters. The molecule has 16 nitrogen and oxygen atoms in total. The third-order valence-corrected chi connectivity index (χ3v) is 9.97. The van der Waals surface area contributed by atoms with Gasteiger partial charge in [0.15, 0.2) is 45.9 Å². The van der Waals surface area contributed by atoms with Crippen molar-refractivity contribution >= 4 is 29.7 Å². The van der Waals surface area contributed by atoms with Crippen LogP contribution in [0.3, 0.4) is 0 Å². The number of phenols is 6. The predicted molar refractivity (Wildman–Crippen MR) is 180 cm³/mol. The molecule has 3 aromatic rings. The van der Waals surface area contributed by atoms with Crippen LogP contribution in [0.15, 0.2) is 72.3 Å². The average molecular weight is 747 g/mol. The predicted octanol–water partition coefficient (Wildman–Crippen LogP) is 1.79. The van der Waals surface area contributed by atoms with Gasteiger partial charge in [-0.05, 0) is 64.2 Å². The minimum absolute atomic E-state index is 0.0536. The summed E-state index contributed by atoms with van der Waals surface area (Å²) < 4.78 is 20.6. The van der Waals surface area contributed by atoms with Gasteiger partial charge < -0.3 is 54.7 Å². The van der Waals surface area contributed by atoms with Gasteiger partial charge in [0.1, 0.15) is 0 Å². The molecule has 0 spiro atoms. The van der Waals surface area contributed by atoms with Crippen LogP contribution in [0.5, 0.6) is 34.5 Å². The summed E-state index contributed by atoms with van der Waals surface area (Å²) in [6, 6.07) is 9.57. The molecular weight excluding hydrogens is 712 g/mol. The summed E-state index contributed by atoms with van der Waals surface area (Å²) in [5, 5.41) is 71.7. The Bertz CT molecular complexity index is 2130. The SMILES string of the molecule is COC(=O)C(Cc1ccc(O)c(O)c1)OC(=O)/C=C/C1=C[C@H]2[C@@H]3c4cc(O)c(O)cc4[C@@]2(O)C(=O)[C@H]1[C@@H]3C(=O)OC(Cc1ccc(O)c(O)c1)C(=O)OC. The fourth-order valence-corrected chi connectivity index (χ4v) is 7.48. The van der Waals surface area contributed by atoms with Crippen LogP contribution in [0, 0.1) is 17.8 Å². The second-order valence-corrected chi connectivity index (χ2v) is 13.1. The standard InChI is InChI=1S/C38H34O16/c1-51-35(47)28(11-16-3-6-22(39)24(41)9-16)53-30(45)8-5-18-13-21-32-19-14-26(43)27(44)15-20(19)38(21,50)34(46)31(18)33(32)37(49)54-29(36(48)52-2)12-17-4-7-23(40)25(42)10-17/h3-10,13-15,21,28-29,31-33,39-44,50H,11-12H2,1-2H3/b8-5+/t21-,28?,29?,31+,32-,33-,38-/m0/s1. The number of allylic oxidation sites excluding steroid dienone is 2. The minimum Gasteiger partial charge on any atom is -0.504 e. The lowest BCUT2D eigenvalue weighted by atomic mass is 9.55. The Morgan fingerprint density at radius 1 is 0.741 bits per heavy atom. The Balaban J connectivity index is 1.32. The molecule has 54 heavy (non-hydrogen) atoms. The quantitative estimate of drug-likeness (QED) is 0.0638. The number of phenolic OH excluding ortho intramolecular Hbond substituents is 6. The third-order valence-electron chi connectivity index (χ3n) is 9.97. The molecule has 1 saturated carbocycles. The molecule has 0 radical (unpaired) electrons. The first kappa shape index (κ1) is 37.2. The topological polar surface area (TPSA) is 264 Å². The van der Waals surface area contributed by atoms with Crippen molar-refractivity contribution in [2.45, 2.75) is 36.6 Å². The Morgan fingerprint density at radius 2 is 1.26 bits per heavy atom. The summed E-state index contributed by atoms with van der Waals surface area (Å²) in [7, 11) is 2.12. The first-order valence-electron chi connectivity index (χ1n) is 16.4. The number of aromatic hydroxyl groups is 6. The number of carbonyl (C=O) groups is 5. The first-order chi connectivity index (χ1) is 25.6. The van der Waals surface area contributed by atoms with Gasteiger partial charge in [-0.2, -0.15) is 0 Å². The highest BCUT2D eigenvalue weighted by molar-refractivity contribution is 6.03. The van der Waals surface area contributed by atoms with Gasteiger partial charge in [-0.3, -0.25) is 9.59 Å². The van der Waals surface area contributed by atoms with Gasteiger partial charge in [0.25, 0.3) is 0 Å². The van der Waals surface area contributed by atoms with E-state index in [2.05, 4.69) is 0 Å². The Morgan fingerprint density at radius 3 is 1.80 bits per heavy atom. The van der Waals surface area contributed by atoms with Crippen molar-refractivity contribution in [2.75, 3.05) is 14.2 Å². The van der Waals surface area contributed by atoms with Crippen LogP contribution in [-0.2, 0) is 61.4 Å². The summed E-state index contributed by atoms with van der Waals surface area (Å²) >= 11 is 0. The largest absolute Gasteiger partial charge is 0.504 e. The first-order valence-corrected chi connectivity index (χ1v) is 16.4. The molecule has 2 unspecified atom stereocenters. The Kier molecular flexibility index (Phi) is 9.73. The van der Waals surface area contributed by atoms with Gasteiger partial charge in [-0.15, -0.1) is 0 Å². The molecule has 1 fully saturated rings. The van der Waals surface area contributed by atoms with Gasteiger partial charge >= 0.3 is 23.9 Å². The number of Topliss-reactive ketones (excluding diaryl/α,β-unsaturated/α-hetero) is 1. The second-order valence-electron chi connectivity index (χ2n) is 13.1. The molecule has 0 aliphatic heterocycles. The summed E-state index contributed by atoms with van der Waals surface area (Å²) in [5.74, 6) is -13.2. The monoisotopic (exact) mass is 746 g/mol. The summed E-state index contributed by atoms with van der Waals surface area (Å²) in [5.41, 5.74) is -1.51. The van der Waals surface area contributed by atoms with Crippen molar-refractivity contribution in [3.05, 3.63) is 94.6 Å². The molecule has 16 heteroatoms. The summed E-state index contributed by atoms with van der Waals surface area (Å²) in [6.07, 6.45) is -0.174. The molecule has 0 amide bonds. The lowest BCUT2D eigenvalue weighted by Crippen LogP contribution is -2.57. The summed E-state index contributed by atoms with van der Waals surface area (Å²) in [4.78, 5) is 66.8. The van der Waals surface area contributed by atoms with E-state index >= 15 is 0 Å². The molecule has 4 aliphatic carbocycles. The maximum absolute atomic E-state index is 14.3. The molecule has 0 aromatic heterocycles. The van der Waals surface area contributed by atoms with E-state index in [4.69, 9.17) is 18.9 Å². The number of methoxy groups -OCH3 is 2. The number of esters is 4. The number of hydrogen-bond donors (Lipinski definition) is 7. The normalized spacial score (nSPS) is 23.2. The zero-order chi connectivity index (χ0) is 39.2.